The molecule has 0 bridgehead atoms. The molecule has 8 heteroatoms. The van der Waals surface area contributed by atoms with Crippen molar-refractivity contribution >= 4 is 59.4 Å². The van der Waals surface area contributed by atoms with E-state index in [1.807, 2.05) is 0 Å². The molecular weight excluding hydrogens is 274 g/mol. The maximum Gasteiger partial charge on any atom is 0.161 e. The smallest absolute Gasteiger partial charge is 0.161 e. The predicted molar refractivity (Wildman–Crippen MR) is 63.1 cm³/mol. The van der Waals surface area contributed by atoms with Gasteiger partial charge in [0.25, 0.3) is 0 Å². The summed E-state index contributed by atoms with van der Waals surface area (Å²) in [6.07, 6.45) is 0. The van der Waals surface area contributed by atoms with Gasteiger partial charge in [0.1, 0.15) is 10.0 Å². The van der Waals surface area contributed by atoms with Crippen LogP contribution in [0.3, 0.4) is 0 Å². The van der Waals surface area contributed by atoms with Crippen molar-refractivity contribution in [3.63, 3.8) is 0 Å². The minimum absolute atomic E-state index is 0. The third kappa shape index (κ3) is 2.33. The Balaban J connectivity index is 0. The number of hydrogen-bond donors (Lipinski definition) is 4. The van der Waals surface area contributed by atoms with Gasteiger partial charge in [-0.3, -0.25) is 0 Å². The van der Waals surface area contributed by atoms with Gasteiger partial charge < -0.3 is 21.7 Å². The average molecular weight is 282 g/mol. The van der Waals surface area contributed by atoms with E-state index in [2.05, 4.69) is 0 Å². The number of rotatable bonds is 0. The van der Waals surface area contributed by atoms with Crippen molar-refractivity contribution in [2.45, 2.75) is 0 Å². The van der Waals surface area contributed by atoms with E-state index in [0.717, 1.165) is 0 Å². The van der Waals surface area contributed by atoms with Crippen molar-refractivity contribution in [1.82, 2.24) is 0 Å². The van der Waals surface area contributed by atoms with E-state index in [0.29, 0.717) is 0 Å². The van der Waals surface area contributed by atoms with Gasteiger partial charge in [-0.1, -0.05) is 23.2 Å². The van der Waals surface area contributed by atoms with Crippen LogP contribution >= 0.6 is 48.0 Å². The molecule has 0 radical (unpaired) electrons. The fourth-order valence-electron chi connectivity index (χ4n) is 0.699. The van der Waals surface area contributed by atoms with Crippen molar-refractivity contribution in [1.29, 1.82) is 0 Å². The number of nitrogens with two attached hydrogens (primary N) is 2. The lowest BCUT2D eigenvalue weighted by atomic mass is 10.2. The first-order chi connectivity index (χ1) is 5.46. The summed E-state index contributed by atoms with van der Waals surface area (Å²) < 4.78 is 0. The Morgan fingerprint density at radius 3 is 1.21 bits per heavy atom. The first-order valence-electron chi connectivity index (χ1n) is 2.90. The van der Waals surface area contributed by atoms with Gasteiger partial charge in [-0.2, -0.15) is 0 Å². The molecule has 0 aromatic heterocycles. The fourth-order valence-corrected chi connectivity index (χ4v) is 1.08. The molecular formula is C6H8Cl4N2O2. The maximum atomic E-state index is 9.16. The Morgan fingerprint density at radius 2 is 1.00 bits per heavy atom. The van der Waals surface area contributed by atoms with E-state index in [4.69, 9.17) is 44.9 Å². The molecule has 1 aromatic rings. The quantitative estimate of drug-likeness (QED) is 0.334. The van der Waals surface area contributed by atoms with E-state index < -0.39 is 11.5 Å². The van der Waals surface area contributed by atoms with Gasteiger partial charge >= 0.3 is 0 Å². The highest BCUT2D eigenvalue weighted by Crippen LogP contribution is 2.46. The first-order valence-corrected chi connectivity index (χ1v) is 3.66. The second kappa shape index (κ2) is 5.46. The zero-order chi connectivity index (χ0) is 9.46. The van der Waals surface area contributed by atoms with Gasteiger partial charge in [0.15, 0.2) is 11.5 Å². The van der Waals surface area contributed by atoms with Gasteiger partial charge in [-0.15, -0.1) is 24.8 Å². The van der Waals surface area contributed by atoms with Crippen molar-refractivity contribution in [3.05, 3.63) is 10.0 Å². The number of halogens is 4. The molecule has 1 rings (SSSR count). The molecule has 0 unspecified atom stereocenters. The number of aromatic hydroxyl groups is 2. The molecule has 14 heavy (non-hydrogen) atoms. The number of phenolic OH excluding ortho intramolecular Hbond substituents is 2. The molecule has 82 valence electrons. The maximum absolute atomic E-state index is 9.16. The molecule has 0 amide bonds. The van der Waals surface area contributed by atoms with Crippen molar-refractivity contribution in [3.8, 4) is 11.5 Å². The van der Waals surface area contributed by atoms with Crippen molar-refractivity contribution in [2.75, 3.05) is 11.5 Å². The summed E-state index contributed by atoms with van der Waals surface area (Å²) in [5, 5.41) is 17.9. The van der Waals surface area contributed by atoms with Crippen LogP contribution in [0.2, 0.25) is 10.0 Å². The molecule has 4 nitrogen and oxygen atoms in total. The predicted octanol–water partition coefficient (Wildman–Crippen LogP) is 2.41. The first kappa shape index (κ1) is 16.0. The molecule has 0 atom stereocenters. The molecule has 0 fully saturated rings. The minimum atomic E-state index is -0.419. The number of hydrogen-bond acceptors (Lipinski definition) is 4. The number of phenols is 2. The highest BCUT2D eigenvalue weighted by molar-refractivity contribution is 6.40. The van der Waals surface area contributed by atoms with Gasteiger partial charge in [0.05, 0.1) is 11.4 Å². The molecule has 0 spiro atoms. The lowest BCUT2D eigenvalue weighted by molar-refractivity contribution is 0.465. The van der Waals surface area contributed by atoms with Gasteiger partial charge in [0.2, 0.25) is 0 Å². The largest absolute Gasteiger partial charge is 0.504 e. The molecule has 0 aliphatic heterocycles. The summed E-state index contributed by atoms with van der Waals surface area (Å²) in [4.78, 5) is 0. The van der Waals surface area contributed by atoms with Crippen LogP contribution in [0, 0.1) is 0 Å². The highest BCUT2D eigenvalue weighted by Gasteiger charge is 2.17. The lowest BCUT2D eigenvalue weighted by Gasteiger charge is -2.08. The normalized spacial score (nSPS) is 8.71. The van der Waals surface area contributed by atoms with E-state index in [1.54, 1.807) is 0 Å². The molecule has 0 heterocycles. The van der Waals surface area contributed by atoms with E-state index in [9.17, 15) is 0 Å². The molecule has 0 saturated heterocycles. The van der Waals surface area contributed by atoms with Gasteiger partial charge in [-0.25, -0.2) is 0 Å². The average Bonchev–Trinajstić information content (AvgIpc) is 2.08. The van der Waals surface area contributed by atoms with E-state index in [1.165, 1.54) is 0 Å². The molecule has 1 aromatic carbocycles. The number of nitrogen functional groups attached to an aromatic ring is 2. The summed E-state index contributed by atoms with van der Waals surface area (Å²) in [5.74, 6) is -0.839. The summed E-state index contributed by atoms with van der Waals surface area (Å²) in [7, 11) is 0. The highest BCUT2D eigenvalue weighted by atomic mass is 35.5. The summed E-state index contributed by atoms with van der Waals surface area (Å²) in [5.41, 5.74) is 10.2. The van der Waals surface area contributed by atoms with Crippen molar-refractivity contribution < 1.29 is 10.2 Å². The SMILES string of the molecule is Cl.Cl.Nc1c(O)c(Cl)c(N)c(O)c1Cl. The Morgan fingerprint density at radius 1 is 0.786 bits per heavy atom. The number of anilines is 2. The fraction of sp³-hybridized carbons (Fsp3) is 0. The molecule has 0 aliphatic carbocycles. The van der Waals surface area contributed by atoms with E-state index >= 15 is 0 Å². The van der Waals surface area contributed by atoms with Crippen LogP contribution in [0.15, 0.2) is 0 Å². The standard InChI is InChI=1S/C6H6Cl2N2O2.2ClH/c7-1-3(9)6(12)2(8)4(10)5(1)11;;/h11-12H,9-10H2;2*1H. The van der Waals surface area contributed by atoms with Crippen LogP contribution in [-0.2, 0) is 0 Å². The number of benzene rings is 1. The zero-order valence-corrected chi connectivity index (χ0v) is 9.77. The van der Waals surface area contributed by atoms with Crippen LogP contribution < -0.4 is 11.5 Å². The minimum Gasteiger partial charge on any atom is -0.504 e. The third-order valence-electron chi connectivity index (χ3n) is 1.40. The van der Waals surface area contributed by atoms with Crippen molar-refractivity contribution in [2.24, 2.45) is 0 Å². The van der Waals surface area contributed by atoms with Crippen LogP contribution in [-0.4, -0.2) is 10.2 Å². The Hall–Kier alpha value is -0.420. The molecule has 0 aliphatic rings. The molecule has 0 saturated carbocycles. The van der Waals surface area contributed by atoms with Gasteiger partial charge in [0, 0.05) is 0 Å². The Labute approximate surface area is 103 Å². The van der Waals surface area contributed by atoms with Crippen LogP contribution in [0.1, 0.15) is 0 Å². The second-order valence-electron chi connectivity index (χ2n) is 2.15. The summed E-state index contributed by atoms with van der Waals surface area (Å²) >= 11 is 11.0. The topological polar surface area (TPSA) is 92.5 Å². The summed E-state index contributed by atoms with van der Waals surface area (Å²) in [6, 6.07) is 0. The van der Waals surface area contributed by atoms with E-state index in [-0.39, 0.29) is 46.2 Å². The third-order valence-corrected chi connectivity index (χ3v) is 2.16. The molecule has 6 N–H and O–H groups in total. The summed E-state index contributed by atoms with van der Waals surface area (Å²) in [6.45, 7) is 0. The van der Waals surface area contributed by atoms with Gasteiger partial charge in [-0.05, 0) is 0 Å². The van der Waals surface area contributed by atoms with Crippen LogP contribution in [0.25, 0.3) is 0 Å². The zero-order valence-electron chi connectivity index (χ0n) is 6.62. The Bertz CT molecular complexity index is 240. The second-order valence-corrected chi connectivity index (χ2v) is 2.91. The van der Waals surface area contributed by atoms with Crippen LogP contribution in [0.4, 0.5) is 11.4 Å². The Kier molecular flexibility index (Phi) is 6.25. The monoisotopic (exact) mass is 280 g/mol. The lowest BCUT2D eigenvalue weighted by Crippen LogP contribution is -1.94. The van der Waals surface area contributed by atoms with Crippen LogP contribution in [0.5, 0.6) is 11.5 Å².